The second-order valence-electron chi connectivity index (χ2n) is 4.64. The van der Waals surface area contributed by atoms with Gasteiger partial charge in [-0.2, -0.15) is 4.68 Å². The van der Waals surface area contributed by atoms with Gasteiger partial charge in [0.05, 0.1) is 5.69 Å². The van der Waals surface area contributed by atoms with E-state index in [2.05, 4.69) is 15.5 Å². The predicted molar refractivity (Wildman–Crippen MR) is 83.2 cm³/mol. The monoisotopic (exact) mass is 300 g/mol. The minimum atomic E-state index is 0.519. The summed E-state index contributed by atoms with van der Waals surface area (Å²) in [6.07, 6.45) is 0. The van der Waals surface area contributed by atoms with Gasteiger partial charge in [0.2, 0.25) is 0 Å². The van der Waals surface area contributed by atoms with Crippen molar-refractivity contribution in [3.63, 3.8) is 0 Å². The molecule has 6 nitrogen and oxygen atoms in total. The number of nitrogens with two attached hydrogens (primary N) is 2. The molecule has 1 heterocycles. The van der Waals surface area contributed by atoms with Gasteiger partial charge < -0.3 is 11.5 Å². The summed E-state index contributed by atoms with van der Waals surface area (Å²) < 4.78 is 1.61. The Morgan fingerprint density at radius 3 is 2.71 bits per heavy atom. The van der Waals surface area contributed by atoms with Gasteiger partial charge in [-0.25, -0.2) is 0 Å². The second kappa shape index (κ2) is 5.06. The van der Waals surface area contributed by atoms with Crippen molar-refractivity contribution in [3.05, 3.63) is 47.0 Å². The van der Waals surface area contributed by atoms with Gasteiger partial charge in [0.1, 0.15) is 0 Å². The molecule has 0 aliphatic rings. The van der Waals surface area contributed by atoms with Gasteiger partial charge in [0.25, 0.3) is 0 Å². The third kappa shape index (κ3) is 2.30. The van der Waals surface area contributed by atoms with Crippen molar-refractivity contribution in [1.29, 1.82) is 0 Å². The van der Waals surface area contributed by atoms with Crippen LogP contribution in [-0.2, 0) is 0 Å². The maximum absolute atomic E-state index is 6.16. The first kappa shape index (κ1) is 13.4. The Morgan fingerprint density at radius 1 is 1.14 bits per heavy atom. The molecule has 0 radical (unpaired) electrons. The fraction of sp³-hybridized carbons (Fsp3) is 0.0714. The molecule has 0 bridgehead atoms. The maximum Gasteiger partial charge on any atom is 0.189 e. The number of nitrogens with zero attached hydrogens (tertiary/aromatic N) is 4. The van der Waals surface area contributed by atoms with Crippen LogP contribution < -0.4 is 11.5 Å². The largest absolute Gasteiger partial charge is 0.399 e. The van der Waals surface area contributed by atoms with E-state index in [1.807, 2.05) is 25.1 Å². The Balaban J connectivity index is 2.20. The lowest BCUT2D eigenvalue weighted by atomic mass is 10.1. The van der Waals surface area contributed by atoms with Crippen LogP contribution in [0.15, 0.2) is 36.4 Å². The van der Waals surface area contributed by atoms with E-state index in [-0.39, 0.29) is 0 Å². The van der Waals surface area contributed by atoms with E-state index in [9.17, 15) is 0 Å². The first-order valence-electron chi connectivity index (χ1n) is 6.27. The van der Waals surface area contributed by atoms with Crippen LogP contribution in [0, 0.1) is 6.92 Å². The first-order chi connectivity index (χ1) is 10.1. The Hall–Kier alpha value is -2.60. The molecule has 0 fully saturated rings. The molecule has 4 N–H and O–H groups in total. The summed E-state index contributed by atoms with van der Waals surface area (Å²) in [5.41, 5.74) is 15.3. The third-order valence-corrected chi connectivity index (χ3v) is 3.66. The molecule has 7 heteroatoms. The highest BCUT2D eigenvalue weighted by Gasteiger charge is 2.15. The van der Waals surface area contributed by atoms with Crippen LogP contribution in [-0.4, -0.2) is 20.2 Å². The zero-order valence-electron chi connectivity index (χ0n) is 11.3. The van der Waals surface area contributed by atoms with Crippen molar-refractivity contribution in [1.82, 2.24) is 20.2 Å². The standard InChI is InChI=1S/C14H13ClN6/c1-8-11(15)3-2-4-13(8)21-14(18-19-20-21)10-6-5-9(16)7-12(10)17/h2-7H,16-17H2,1H3. The van der Waals surface area contributed by atoms with Crippen molar-refractivity contribution in [2.75, 3.05) is 11.5 Å². The number of hydrogen-bond donors (Lipinski definition) is 2. The molecule has 1 aromatic heterocycles. The summed E-state index contributed by atoms with van der Waals surface area (Å²) in [4.78, 5) is 0. The molecule has 0 saturated carbocycles. The van der Waals surface area contributed by atoms with Crippen LogP contribution in [0.5, 0.6) is 0 Å². The maximum atomic E-state index is 6.16. The van der Waals surface area contributed by atoms with Crippen LogP contribution in [0.25, 0.3) is 17.1 Å². The first-order valence-corrected chi connectivity index (χ1v) is 6.65. The minimum absolute atomic E-state index is 0.519. The Labute approximate surface area is 126 Å². The van der Waals surface area contributed by atoms with Crippen molar-refractivity contribution >= 4 is 23.0 Å². The minimum Gasteiger partial charge on any atom is -0.399 e. The number of nitrogen functional groups attached to an aromatic ring is 2. The smallest absolute Gasteiger partial charge is 0.189 e. The third-order valence-electron chi connectivity index (χ3n) is 3.25. The number of aromatic nitrogens is 4. The Morgan fingerprint density at radius 2 is 1.95 bits per heavy atom. The average Bonchev–Trinajstić information content (AvgIpc) is 2.91. The van der Waals surface area contributed by atoms with E-state index in [0.717, 1.165) is 11.3 Å². The Bertz CT molecular complexity index is 811. The highest BCUT2D eigenvalue weighted by Crippen LogP contribution is 2.29. The van der Waals surface area contributed by atoms with Gasteiger partial charge in [0, 0.05) is 22.0 Å². The molecule has 0 atom stereocenters. The summed E-state index contributed by atoms with van der Waals surface area (Å²) in [7, 11) is 0. The lowest BCUT2D eigenvalue weighted by molar-refractivity contribution is 0.787. The molecule has 2 aromatic carbocycles. The van der Waals surface area contributed by atoms with Crippen molar-refractivity contribution in [3.8, 4) is 17.1 Å². The molecular weight excluding hydrogens is 288 g/mol. The lowest BCUT2D eigenvalue weighted by Gasteiger charge is -2.10. The highest BCUT2D eigenvalue weighted by molar-refractivity contribution is 6.31. The van der Waals surface area contributed by atoms with Crippen LogP contribution in [0.1, 0.15) is 5.56 Å². The number of anilines is 2. The zero-order valence-corrected chi connectivity index (χ0v) is 12.0. The number of benzene rings is 2. The molecule has 0 spiro atoms. The summed E-state index contributed by atoms with van der Waals surface area (Å²) in [5, 5.41) is 12.5. The molecular formula is C14H13ClN6. The summed E-state index contributed by atoms with van der Waals surface area (Å²) in [6.45, 7) is 1.91. The van der Waals surface area contributed by atoms with Crippen LogP contribution in [0.4, 0.5) is 11.4 Å². The van der Waals surface area contributed by atoms with Crippen LogP contribution in [0.3, 0.4) is 0 Å². The molecule has 0 amide bonds. The van der Waals surface area contributed by atoms with Gasteiger partial charge in [-0.3, -0.25) is 0 Å². The van der Waals surface area contributed by atoms with Crippen LogP contribution >= 0.6 is 11.6 Å². The predicted octanol–water partition coefficient (Wildman–Crippen LogP) is 2.46. The zero-order chi connectivity index (χ0) is 15.0. The van der Waals surface area contributed by atoms with Gasteiger partial charge in [0.15, 0.2) is 5.82 Å². The topological polar surface area (TPSA) is 95.6 Å². The number of tetrazole rings is 1. The summed E-state index contributed by atoms with van der Waals surface area (Å²) >= 11 is 6.16. The van der Waals surface area contributed by atoms with E-state index >= 15 is 0 Å². The molecule has 21 heavy (non-hydrogen) atoms. The fourth-order valence-electron chi connectivity index (χ4n) is 2.13. The van der Waals surface area contributed by atoms with E-state index in [1.165, 1.54) is 0 Å². The van der Waals surface area contributed by atoms with Crippen LogP contribution in [0.2, 0.25) is 5.02 Å². The average molecular weight is 301 g/mol. The normalized spacial score (nSPS) is 10.8. The molecule has 3 rings (SSSR count). The van der Waals surface area contributed by atoms with Crippen molar-refractivity contribution in [2.45, 2.75) is 6.92 Å². The fourth-order valence-corrected chi connectivity index (χ4v) is 2.30. The highest BCUT2D eigenvalue weighted by atomic mass is 35.5. The second-order valence-corrected chi connectivity index (χ2v) is 5.05. The van der Waals surface area contributed by atoms with Gasteiger partial charge >= 0.3 is 0 Å². The van der Waals surface area contributed by atoms with Gasteiger partial charge in [-0.05, 0) is 53.2 Å². The molecule has 0 aliphatic carbocycles. The Kier molecular flexibility index (Phi) is 3.23. The van der Waals surface area contributed by atoms with Crippen molar-refractivity contribution < 1.29 is 0 Å². The molecule has 3 aromatic rings. The van der Waals surface area contributed by atoms with Gasteiger partial charge in [-0.15, -0.1) is 5.10 Å². The summed E-state index contributed by atoms with van der Waals surface area (Å²) in [5.74, 6) is 0.540. The van der Waals surface area contributed by atoms with Gasteiger partial charge in [-0.1, -0.05) is 17.7 Å². The number of rotatable bonds is 2. The molecule has 0 unspecified atom stereocenters. The molecule has 0 saturated heterocycles. The quantitative estimate of drug-likeness (QED) is 0.709. The molecule has 0 aliphatic heterocycles. The lowest BCUT2D eigenvalue weighted by Crippen LogP contribution is -2.04. The number of halogens is 1. The SMILES string of the molecule is Cc1c(Cl)cccc1-n1nnnc1-c1ccc(N)cc1N. The summed E-state index contributed by atoms with van der Waals surface area (Å²) in [6, 6.07) is 10.8. The van der Waals surface area contributed by atoms with Crippen molar-refractivity contribution in [2.24, 2.45) is 0 Å². The number of hydrogen-bond acceptors (Lipinski definition) is 5. The van der Waals surface area contributed by atoms with E-state index in [0.29, 0.717) is 27.8 Å². The van der Waals surface area contributed by atoms with E-state index in [4.69, 9.17) is 23.1 Å². The molecule has 106 valence electrons. The van der Waals surface area contributed by atoms with E-state index < -0.39 is 0 Å². The van der Waals surface area contributed by atoms with E-state index in [1.54, 1.807) is 22.9 Å².